The Bertz CT molecular complexity index is 206. The maximum atomic E-state index is 10.2. The SMILES string of the molecule is CCCCC(C)=O.O=CC(O)C(O)C(O)CO. The summed E-state index contributed by atoms with van der Waals surface area (Å²) in [4.78, 5) is 20.0. The van der Waals surface area contributed by atoms with Gasteiger partial charge in [-0.15, -0.1) is 0 Å². The van der Waals surface area contributed by atoms with Crippen LogP contribution in [0.4, 0.5) is 0 Å². The Morgan fingerprint density at radius 2 is 1.82 bits per heavy atom. The summed E-state index contributed by atoms with van der Waals surface area (Å²) in [5, 5.41) is 34.1. The molecule has 0 amide bonds. The summed E-state index contributed by atoms with van der Waals surface area (Å²) >= 11 is 0. The van der Waals surface area contributed by atoms with Crippen LogP contribution in [0.3, 0.4) is 0 Å². The number of ketones is 1. The quantitative estimate of drug-likeness (QED) is 0.432. The zero-order valence-electron chi connectivity index (χ0n) is 10.2. The number of unbranched alkanes of at least 4 members (excludes halogenated alkanes) is 1. The van der Waals surface area contributed by atoms with Crippen LogP contribution in [0.5, 0.6) is 0 Å². The first-order valence-corrected chi connectivity index (χ1v) is 5.50. The Hall–Kier alpha value is -0.820. The van der Waals surface area contributed by atoms with Crippen molar-refractivity contribution in [2.24, 2.45) is 0 Å². The van der Waals surface area contributed by atoms with Gasteiger partial charge in [-0.1, -0.05) is 13.3 Å². The van der Waals surface area contributed by atoms with Crippen molar-refractivity contribution < 1.29 is 30.0 Å². The molecule has 4 N–H and O–H groups in total. The lowest BCUT2D eigenvalue weighted by Gasteiger charge is -2.16. The summed E-state index contributed by atoms with van der Waals surface area (Å²) in [6.45, 7) is 3.03. The van der Waals surface area contributed by atoms with Gasteiger partial charge >= 0.3 is 0 Å². The van der Waals surface area contributed by atoms with Gasteiger partial charge in [0.05, 0.1) is 6.61 Å². The van der Waals surface area contributed by atoms with E-state index in [-0.39, 0.29) is 6.29 Å². The van der Waals surface area contributed by atoms with E-state index in [1.807, 2.05) is 0 Å². The molecule has 17 heavy (non-hydrogen) atoms. The Labute approximate surface area is 101 Å². The van der Waals surface area contributed by atoms with E-state index in [0.29, 0.717) is 5.78 Å². The minimum Gasteiger partial charge on any atom is -0.394 e. The highest BCUT2D eigenvalue weighted by atomic mass is 16.4. The summed E-state index contributed by atoms with van der Waals surface area (Å²) < 4.78 is 0. The largest absolute Gasteiger partial charge is 0.394 e. The monoisotopic (exact) mass is 250 g/mol. The summed E-state index contributed by atoms with van der Waals surface area (Å²) in [5.74, 6) is 0.307. The van der Waals surface area contributed by atoms with Gasteiger partial charge in [0.15, 0.2) is 6.29 Å². The van der Waals surface area contributed by atoms with Crippen molar-refractivity contribution in [2.45, 2.75) is 51.4 Å². The second kappa shape index (κ2) is 11.7. The molecule has 0 bridgehead atoms. The van der Waals surface area contributed by atoms with Crippen LogP contribution in [-0.4, -0.2) is 57.4 Å². The van der Waals surface area contributed by atoms with Crippen molar-refractivity contribution in [3.05, 3.63) is 0 Å². The van der Waals surface area contributed by atoms with Gasteiger partial charge in [-0.3, -0.25) is 0 Å². The Balaban J connectivity index is 0. The number of hydrogen-bond acceptors (Lipinski definition) is 6. The molecule has 0 aliphatic carbocycles. The Morgan fingerprint density at radius 3 is 2.06 bits per heavy atom. The van der Waals surface area contributed by atoms with E-state index in [1.54, 1.807) is 6.92 Å². The van der Waals surface area contributed by atoms with Crippen molar-refractivity contribution in [1.29, 1.82) is 0 Å². The van der Waals surface area contributed by atoms with Gasteiger partial charge in [-0.2, -0.15) is 0 Å². The smallest absolute Gasteiger partial charge is 0.151 e. The molecule has 0 spiro atoms. The van der Waals surface area contributed by atoms with Gasteiger partial charge in [0.2, 0.25) is 0 Å². The molecule has 0 heterocycles. The summed E-state index contributed by atoms with van der Waals surface area (Å²) in [6, 6.07) is 0. The molecule has 102 valence electrons. The minimum absolute atomic E-state index is 0.0869. The molecule has 0 aromatic heterocycles. The fraction of sp³-hybridized carbons (Fsp3) is 0.818. The fourth-order valence-corrected chi connectivity index (χ4v) is 0.842. The molecule has 0 aliphatic heterocycles. The maximum Gasteiger partial charge on any atom is 0.151 e. The zero-order valence-corrected chi connectivity index (χ0v) is 10.2. The number of carbonyl (C=O) groups excluding carboxylic acids is 2. The molecule has 0 fully saturated rings. The summed E-state index contributed by atoms with van der Waals surface area (Å²) in [7, 11) is 0. The Kier molecular flexibility index (Phi) is 12.7. The van der Waals surface area contributed by atoms with Crippen molar-refractivity contribution in [3.8, 4) is 0 Å². The lowest BCUT2D eigenvalue weighted by molar-refractivity contribution is -0.127. The predicted molar refractivity (Wildman–Crippen MR) is 61.4 cm³/mol. The first-order chi connectivity index (χ1) is 7.90. The van der Waals surface area contributed by atoms with Crippen LogP contribution in [0.2, 0.25) is 0 Å². The molecule has 3 unspecified atom stereocenters. The van der Waals surface area contributed by atoms with Crippen molar-refractivity contribution in [3.63, 3.8) is 0 Å². The number of aldehydes is 1. The van der Waals surface area contributed by atoms with Crippen LogP contribution in [0.25, 0.3) is 0 Å². The van der Waals surface area contributed by atoms with E-state index in [4.69, 9.17) is 20.4 Å². The van der Waals surface area contributed by atoms with E-state index >= 15 is 0 Å². The van der Waals surface area contributed by atoms with E-state index in [2.05, 4.69) is 6.92 Å². The molecule has 0 saturated carbocycles. The average Bonchev–Trinajstić information content (AvgIpc) is 2.33. The fourth-order valence-electron chi connectivity index (χ4n) is 0.842. The van der Waals surface area contributed by atoms with Gasteiger partial charge in [0.1, 0.15) is 24.1 Å². The zero-order chi connectivity index (χ0) is 13.8. The third kappa shape index (κ3) is 11.4. The van der Waals surface area contributed by atoms with Gasteiger partial charge in [0, 0.05) is 6.42 Å². The molecule has 0 aliphatic rings. The topological polar surface area (TPSA) is 115 Å². The van der Waals surface area contributed by atoms with Crippen LogP contribution in [0.15, 0.2) is 0 Å². The number of aliphatic hydroxyl groups is 4. The molecular formula is C11H22O6. The second-order valence-electron chi connectivity index (χ2n) is 3.67. The molecule has 0 radical (unpaired) electrons. The molecular weight excluding hydrogens is 228 g/mol. The molecule has 0 aromatic rings. The second-order valence-corrected chi connectivity index (χ2v) is 3.67. The van der Waals surface area contributed by atoms with Gasteiger partial charge in [-0.05, 0) is 13.3 Å². The predicted octanol–water partition coefficient (Wildman–Crippen LogP) is -0.974. The molecule has 3 atom stereocenters. The number of Topliss-reactive ketones (excluding diaryl/α,β-unsaturated/α-hetero) is 1. The van der Waals surface area contributed by atoms with E-state index in [0.717, 1.165) is 19.3 Å². The van der Waals surface area contributed by atoms with Gasteiger partial charge < -0.3 is 30.0 Å². The molecule has 0 aromatic carbocycles. The minimum atomic E-state index is -1.64. The lowest BCUT2D eigenvalue weighted by atomic mass is 10.1. The van der Waals surface area contributed by atoms with Crippen molar-refractivity contribution in [2.75, 3.05) is 6.61 Å². The molecule has 6 nitrogen and oxygen atoms in total. The number of carbonyl (C=O) groups is 2. The van der Waals surface area contributed by atoms with Crippen molar-refractivity contribution >= 4 is 12.1 Å². The Morgan fingerprint density at radius 1 is 1.29 bits per heavy atom. The highest BCUT2D eigenvalue weighted by Crippen LogP contribution is 1.96. The highest BCUT2D eigenvalue weighted by molar-refractivity contribution is 5.75. The van der Waals surface area contributed by atoms with Gasteiger partial charge in [0.25, 0.3) is 0 Å². The lowest BCUT2D eigenvalue weighted by Crippen LogP contribution is -2.40. The van der Waals surface area contributed by atoms with E-state index < -0.39 is 24.9 Å². The van der Waals surface area contributed by atoms with Crippen LogP contribution in [0.1, 0.15) is 33.1 Å². The standard InChI is InChI=1S/C6H12O.C5H10O5/c1-3-4-5-6(2)7;6-1-3(8)5(10)4(9)2-7/h3-5H2,1-2H3;1,3-5,7-10H,2H2. The molecule has 6 heteroatoms. The van der Waals surface area contributed by atoms with Crippen LogP contribution < -0.4 is 0 Å². The van der Waals surface area contributed by atoms with Gasteiger partial charge in [-0.25, -0.2) is 0 Å². The summed E-state index contributed by atoms with van der Waals surface area (Å²) in [5.41, 5.74) is 0. The van der Waals surface area contributed by atoms with E-state index in [1.165, 1.54) is 0 Å². The third-order valence-corrected chi connectivity index (χ3v) is 1.95. The third-order valence-electron chi connectivity index (χ3n) is 1.95. The van der Waals surface area contributed by atoms with Crippen LogP contribution in [0, 0.1) is 0 Å². The normalized spacial score (nSPS) is 15.2. The van der Waals surface area contributed by atoms with E-state index in [9.17, 15) is 9.59 Å². The number of hydrogen-bond donors (Lipinski definition) is 4. The average molecular weight is 250 g/mol. The summed E-state index contributed by atoms with van der Waals surface area (Å²) in [6.07, 6.45) is -1.69. The van der Waals surface area contributed by atoms with Crippen LogP contribution >= 0.6 is 0 Å². The highest BCUT2D eigenvalue weighted by Gasteiger charge is 2.22. The first kappa shape index (κ1) is 18.5. The first-order valence-electron chi connectivity index (χ1n) is 5.50. The number of aliphatic hydroxyl groups excluding tert-OH is 4. The van der Waals surface area contributed by atoms with Crippen LogP contribution in [-0.2, 0) is 9.59 Å². The molecule has 0 saturated heterocycles. The molecule has 0 rings (SSSR count). The number of rotatable bonds is 7. The maximum absolute atomic E-state index is 10.2. The van der Waals surface area contributed by atoms with Crippen molar-refractivity contribution in [1.82, 2.24) is 0 Å².